The van der Waals surface area contributed by atoms with Gasteiger partial charge in [-0.05, 0) is 24.3 Å². The summed E-state index contributed by atoms with van der Waals surface area (Å²) in [6.45, 7) is 0. The number of carbonyl (C=O) groups excluding carboxylic acids is 1. The highest BCUT2D eigenvalue weighted by Crippen LogP contribution is 2.24. The van der Waals surface area contributed by atoms with Crippen molar-refractivity contribution in [3.8, 4) is 17.3 Å². The largest absolute Gasteiger partial charge is 0.495 e. The van der Waals surface area contributed by atoms with Crippen molar-refractivity contribution in [1.82, 2.24) is 15.0 Å². The fraction of sp³-hybridized carbons (Fsp3) is 0.0526. The molecule has 0 saturated carbocycles. The second-order valence-corrected chi connectivity index (χ2v) is 5.57. The van der Waals surface area contributed by atoms with Crippen LogP contribution in [0.5, 0.6) is 11.6 Å². The lowest BCUT2D eigenvalue weighted by Gasteiger charge is -2.12. The highest BCUT2D eigenvalue weighted by molar-refractivity contribution is 5.94. The number of carbonyl (C=O) groups is 1. The number of amides is 1. The summed E-state index contributed by atoms with van der Waals surface area (Å²) in [6.07, 6.45) is 0.959. The predicted octanol–water partition coefficient (Wildman–Crippen LogP) is 1.00. The van der Waals surface area contributed by atoms with E-state index < -0.39 is 23.0 Å². The zero-order valence-corrected chi connectivity index (χ0v) is 14.7. The summed E-state index contributed by atoms with van der Waals surface area (Å²) in [5.74, 6) is -0.825. The van der Waals surface area contributed by atoms with Crippen LogP contribution in [0.2, 0.25) is 0 Å². The molecule has 0 fully saturated rings. The van der Waals surface area contributed by atoms with Gasteiger partial charge >= 0.3 is 5.69 Å². The Morgan fingerprint density at radius 1 is 1.14 bits per heavy atom. The number of H-pyrrole nitrogens is 1. The molecule has 3 aromatic rings. The molecule has 9 nitrogen and oxygen atoms in total. The third-order valence-corrected chi connectivity index (χ3v) is 3.84. The number of benzene rings is 2. The maximum absolute atomic E-state index is 12.2. The van der Waals surface area contributed by atoms with Crippen LogP contribution < -0.4 is 21.4 Å². The zero-order chi connectivity index (χ0) is 20.1. The van der Waals surface area contributed by atoms with Gasteiger partial charge in [0.1, 0.15) is 11.3 Å². The predicted molar refractivity (Wildman–Crippen MR) is 102 cm³/mol. The van der Waals surface area contributed by atoms with E-state index in [-0.39, 0.29) is 11.3 Å². The highest BCUT2D eigenvalue weighted by atomic mass is 16.5. The van der Waals surface area contributed by atoms with Gasteiger partial charge in [0.2, 0.25) is 5.88 Å². The molecule has 0 aliphatic rings. The number of nitrogens with zero attached hydrogens (tertiary/aromatic N) is 2. The Bertz CT molecular complexity index is 1150. The molecule has 3 N–H and O–H groups in total. The Morgan fingerprint density at radius 2 is 1.82 bits per heavy atom. The summed E-state index contributed by atoms with van der Waals surface area (Å²) in [7, 11) is 1.41. The maximum Gasteiger partial charge on any atom is 0.335 e. The number of nitrogens with one attached hydrogen (secondary N) is 2. The summed E-state index contributed by atoms with van der Waals surface area (Å²) in [5, 5.41) is 14.2. The number of aromatic hydroxyl groups is 1. The number of aromatic nitrogens is 2. The molecule has 0 unspecified atom stereocenters. The third-order valence-electron chi connectivity index (χ3n) is 3.84. The number of para-hydroxylation sites is 2. The van der Waals surface area contributed by atoms with Crippen molar-refractivity contribution >= 4 is 12.1 Å². The van der Waals surface area contributed by atoms with Crippen LogP contribution in [0.3, 0.4) is 0 Å². The van der Waals surface area contributed by atoms with Crippen LogP contribution in [0.4, 0.5) is 0 Å². The van der Waals surface area contributed by atoms with Crippen molar-refractivity contribution in [3.63, 3.8) is 0 Å². The summed E-state index contributed by atoms with van der Waals surface area (Å²) in [6, 6.07) is 14.8. The highest BCUT2D eigenvalue weighted by Gasteiger charge is 2.17. The summed E-state index contributed by atoms with van der Waals surface area (Å²) >= 11 is 0. The van der Waals surface area contributed by atoms with E-state index in [0.717, 1.165) is 10.8 Å². The standard InChI is InChI=1S/C19H16N4O5/c1-28-15-10-6-5-9-14(15)23-18(26)13(17(25)21-19(23)27)11-20-22-16(24)12-7-3-2-4-8-12/h2-11,26H,1H3,(H,22,24)(H,21,25,27)/b20-11-. The molecule has 9 heteroatoms. The van der Waals surface area contributed by atoms with Gasteiger partial charge in [0.25, 0.3) is 11.5 Å². The number of hydrogen-bond acceptors (Lipinski definition) is 6. The lowest BCUT2D eigenvalue weighted by molar-refractivity contribution is 0.0955. The van der Waals surface area contributed by atoms with Crippen LogP contribution in [-0.2, 0) is 0 Å². The number of hydrogen-bond donors (Lipinski definition) is 3. The molecule has 0 spiro atoms. The first kappa shape index (κ1) is 18.6. The van der Waals surface area contributed by atoms with E-state index in [2.05, 4.69) is 15.5 Å². The maximum atomic E-state index is 12.2. The number of methoxy groups -OCH3 is 1. The van der Waals surface area contributed by atoms with E-state index in [9.17, 15) is 19.5 Å². The smallest absolute Gasteiger partial charge is 0.335 e. The first-order valence-corrected chi connectivity index (χ1v) is 8.13. The molecule has 1 heterocycles. The van der Waals surface area contributed by atoms with Crippen molar-refractivity contribution in [2.45, 2.75) is 0 Å². The van der Waals surface area contributed by atoms with Crippen molar-refractivity contribution in [2.24, 2.45) is 5.10 Å². The molecule has 2 aromatic carbocycles. The van der Waals surface area contributed by atoms with Crippen LogP contribution in [0.1, 0.15) is 15.9 Å². The van der Waals surface area contributed by atoms with Gasteiger partial charge in [0.15, 0.2) is 0 Å². The molecule has 0 radical (unpaired) electrons. The molecule has 0 atom stereocenters. The molecular weight excluding hydrogens is 364 g/mol. The minimum absolute atomic E-state index is 0.228. The molecule has 0 saturated heterocycles. The average Bonchev–Trinajstić information content (AvgIpc) is 2.71. The van der Waals surface area contributed by atoms with E-state index in [4.69, 9.17) is 4.74 Å². The normalized spacial score (nSPS) is 10.8. The van der Waals surface area contributed by atoms with Crippen molar-refractivity contribution in [3.05, 3.63) is 86.6 Å². The Hall–Kier alpha value is -4.14. The number of hydrazone groups is 1. The minimum atomic E-state index is -0.855. The van der Waals surface area contributed by atoms with Gasteiger partial charge in [-0.3, -0.25) is 14.6 Å². The van der Waals surface area contributed by atoms with Gasteiger partial charge in [-0.25, -0.2) is 14.8 Å². The second-order valence-electron chi connectivity index (χ2n) is 5.57. The van der Waals surface area contributed by atoms with Crippen molar-refractivity contribution < 1.29 is 14.6 Å². The molecule has 0 aliphatic carbocycles. The van der Waals surface area contributed by atoms with E-state index in [1.54, 1.807) is 48.5 Å². The van der Waals surface area contributed by atoms with Gasteiger partial charge in [0, 0.05) is 5.56 Å². The molecule has 0 bridgehead atoms. The molecule has 142 valence electrons. The van der Waals surface area contributed by atoms with Crippen LogP contribution in [-0.4, -0.2) is 33.9 Å². The molecule has 1 amide bonds. The third kappa shape index (κ3) is 3.68. The Labute approximate surface area is 158 Å². The fourth-order valence-electron chi connectivity index (χ4n) is 2.50. The number of aromatic amines is 1. The van der Waals surface area contributed by atoms with Crippen LogP contribution in [0.15, 0.2) is 69.3 Å². The average molecular weight is 380 g/mol. The van der Waals surface area contributed by atoms with Gasteiger partial charge < -0.3 is 9.84 Å². The lowest BCUT2D eigenvalue weighted by atomic mass is 10.2. The number of ether oxygens (including phenoxy) is 1. The Morgan fingerprint density at radius 3 is 2.54 bits per heavy atom. The molecule has 3 rings (SSSR count). The van der Waals surface area contributed by atoms with Gasteiger partial charge in [-0.15, -0.1) is 0 Å². The first-order chi connectivity index (χ1) is 13.5. The zero-order valence-electron chi connectivity index (χ0n) is 14.7. The quantitative estimate of drug-likeness (QED) is 0.450. The van der Waals surface area contributed by atoms with Gasteiger partial charge in [0.05, 0.1) is 19.0 Å². The topological polar surface area (TPSA) is 126 Å². The molecule has 1 aromatic heterocycles. The molecule has 0 aliphatic heterocycles. The Kier molecular flexibility index (Phi) is 5.35. The van der Waals surface area contributed by atoms with Gasteiger partial charge in [-0.1, -0.05) is 30.3 Å². The summed E-state index contributed by atoms with van der Waals surface area (Å²) in [5.41, 5.74) is 0.842. The second kappa shape index (κ2) is 8.04. The summed E-state index contributed by atoms with van der Waals surface area (Å²) < 4.78 is 6.06. The van der Waals surface area contributed by atoms with Gasteiger partial charge in [-0.2, -0.15) is 5.10 Å². The number of rotatable bonds is 5. The van der Waals surface area contributed by atoms with E-state index in [1.165, 1.54) is 13.2 Å². The van der Waals surface area contributed by atoms with E-state index in [1.807, 2.05) is 0 Å². The lowest BCUT2D eigenvalue weighted by Crippen LogP contribution is -2.31. The van der Waals surface area contributed by atoms with E-state index >= 15 is 0 Å². The van der Waals surface area contributed by atoms with Crippen LogP contribution in [0.25, 0.3) is 5.69 Å². The molecular formula is C19H16N4O5. The fourth-order valence-corrected chi connectivity index (χ4v) is 2.50. The Balaban J connectivity index is 1.97. The van der Waals surface area contributed by atoms with E-state index in [0.29, 0.717) is 11.3 Å². The van der Waals surface area contributed by atoms with Crippen LogP contribution >= 0.6 is 0 Å². The first-order valence-electron chi connectivity index (χ1n) is 8.13. The minimum Gasteiger partial charge on any atom is -0.495 e. The monoisotopic (exact) mass is 380 g/mol. The van der Waals surface area contributed by atoms with Crippen molar-refractivity contribution in [2.75, 3.05) is 7.11 Å². The molecule has 28 heavy (non-hydrogen) atoms. The van der Waals surface area contributed by atoms with Crippen LogP contribution in [0, 0.1) is 0 Å². The summed E-state index contributed by atoms with van der Waals surface area (Å²) in [4.78, 5) is 38.4. The van der Waals surface area contributed by atoms with Crippen molar-refractivity contribution in [1.29, 1.82) is 0 Å². The SMILES string of the molecule is COc1ccccc1-n1c(O)c(/C=N\NC(=O)c2ccccc2)c(=O)[nH]c1=O.